The fourth-order valence-corrected chi connectivity index (χ4v) is 3.48. The van der Waals surface area contributed by atoms with Gasteiger partial charge in [0.1, 0.15) is 0 Å². The molecule has 0 aromatic carbocycles. The van der Waals surface area contributed by atoms with Crippen LogP contribution in [0.3, 0.4) is 0 Å². The van der Waals surface area contributed by atoms with Crippen molar-refractivity contribution in [2.24, 2.45) is 17.6 Å². The Hall–Kier alpha value is -2.55. The van der Waals surface area contributed by atoms with Gasteiger partial charge in [-0.25, -0.2) is 4.79 Å². The second kappa shape index (κ2) is 10.8. The second-order valence-corrected chi connectivity index (χ2v) is 7.47. The number of hydroxylamine groups is 2. The van der Waals surface area contributed by atoms with Crippen LogP contribution >= 0.6 is 0 Å². The van der Waals surface area contributed by atoms with Crippen molar-refractivity contribution in [2.75, 3.05) is 13.1 Å². The van der Waals surface area contributed by atoms with Crippen LogP contribution in [-0.4, -0.2) is 52.7 Å². The summed E-state index contributed by atoms with van der Waals surface area (Å²) in [7, 11) is 0. The Kier molecular flexibility index (Phi) is 8.50. The minimum atomic E-state index is -0.563. The smallest absolute Gasteiger partial charge is 0.330 e. The molecule has 0 aromatic rings. The molecule has 160 valence electrons. The first-order chi connectivity index (χ1) is 13.9. The predicted octanol–water partition coefficient (Wildman–Crippen LogP) is 1.07. The summed E-state index contributed by atoms with van der Waals surface area (Å²) in [6.07, 6.45) is 7.50. The van der Waals surface area contributed by atoms with Crippen LogP contribution in [0.15, 0.2) is 12.2 Å². The number of nitrogens with two attached hydrogens (primary N) is 1. The summed E-state index contributed by atoms with van der Waals surface area (Å²) in [5.41, 5.74) is 5.14. The first-order valence-electron chi connectivity index (χ1n) is 10.2. The van der Waals surface area contributed by atoms with Crippen LogP contribution in [0, 0.1) is 11.8 Å². The van der Waals surface area contributed by atoms with Crippen molar-refractivity contribution < 1.29 is 28.8 Å². The number of hydrogen-bond acceptors (Lipinski definition) is 7. The van der Waals surface area contributed by atoms with Crippen LogP contribution in [0.2, 0.25) is 0 Å². The number of carbonyl (C=O) groups is 5. The molecule has 2 N–H and O–H groups in total. The third-order valence-electron chi connectivity index (χ3n) is 5.27. The SMILES string of the molecule is CCCCN.O=C(ON1C(=O)CCC1=O)C1CCC(CN2C(=O)C=CC2=O)CC1. The molecule has 0 atom stereocenters. The minimum Gasteiger partial charge on any atom is -0.330 e. The highest BCUT2D eigenvalue weighted by atomic mass is 16.7. The Morgan fingerprint density at radius 2 is 1.59 bits per heavy atom. The highest BCUT2D eigenvalue weighted by Gasteiger charge is 2.36. The molecular weight excluding hydrogens is 378 g/mol. The van der Waals surface area contributed by atoms with Gasteiger partial charge in [-0.15, -0.1) is 5.06 Å². The van der Waals surface area contributed by atoms with Crippen LogP contribution < -0.4 is 5.73 Å². The summed E-state index contributed by atoms with van der Waals surface area (Å²) in [6.45, 7) is 3.33. The van der Waals surface area contributed by atoms with Gasteiger partial charge in [0.15, 0.2) is 0 Å². The largest absolute Gasteiger partial charge is 0.336 e. The lowest BCUT2D eigenvalue weighted by Gasteiger charge is -2.29. The molecule has 2 fully saturated rings. The van der Waals surface area contributed by atoms with E-state index in [4.69, 9.17) is 10.6 Å². The summed E-state index contributed by atoms with van der Waals surface area (Å²) >= 11 is 0. The van der Waals surface area contributed by atoms with Crippen molar-refractivity contribution in [3.05, 3.63) is 12.2 Å². The number of nitrogens with zero attached hydrogens (tertiary/aromatic N) is 2. The number of rotatable bonds is 6. The zero-order valence-corrected chi connectivity index (χ0v) is 16.8. The van der Waals surface area contributed by atoms with E-state index in [2.05, 4.69) is 6.92 Å². The maximum Gasteiger partial charge on any atom is 0.336 e. The first kappa shape index (κ1) is 22.7. The van der Waals surface area contributed by atoms with E-state index >= 15 is 0 Å². The maximum absolute atomic E-state index is 12.1. The van der Waals surface area contributed by atoms with Crippen LogP contribution in [0.4, 0.5) is 0 Å². The van der Waals surface area contributed by atoms with Crippen LogP contribution in [0.5, 0.6) is 0 Å². The lowest BCUT2D eigenvalue weighted by molar-refractivity contribution is -0.201. The second-order valence-electron chi connectivity index (χ2n) is 7.47. The monoisotopic (exact) mass is 407 g/mol. The van der Waals surface area contributed by atoms with Crippen LogP contribution in [-0.2, 0) is 28.8 Å². The van der Waals surface area contributed by atoms with Crippen molar-refractivity contribution in [3.63, 3.8) is 0 Å². The Bertz CT molecular complexity index is 646. The summed E-state index contributed by atoms with van der Waals surface area (Å²) < 4.78 is 0. The van der Waals surface area contributed by atoms with Crippen LogP contribution in [0.25, 0.3) is 0 Å². The summed E-state index contributed by atoms with van der Waals surface area (Å²) in [5, 5.41) is 0.571. The van der Waals surface area contributed by atoms with Gasteiger partial charge in [0.2, 0.25) is 0 Å². The summed E-state index contributed by atoms with van der Waals surface area (Å²) in [6, 6.07) is 0. The quantitative estimate of drug-likeness (QED) is 0.652. The lowest BCUT2D eigenvalue weighted by Crippen LogP contribution is -2.38. The number of carbonyl (C=O) groups excluding carboxylic acids is 5. The number of unbranched alkanes of at least 4 members (excludes halogenated alkanes) is 1. The molecule has 0 unspecified atom stereocenters. The average molecular weight is 407 g/mol. The normalized spacial score (nSPS) is 24.1. The first-order valence-corrected chi connectivity index (χ1v) is 10.2. The zero-order chi connectivity index (χ0) is 21.4. The number of imide groups is 2. The fraction of sp³-hybridized carbons (Fsp3) is 0.650. The molecule has 2 heterocycles. The average Bonchev–Trinajstić information content (AvgIpc) is 3.20. The highest BCUT2D eigenvalue weighted by molar-refractivity contribution is 6.12. The molecule has 0 radical (unpaired) electrons. The van der Waals surface area contributed by atoms with Gasteiger partial charge in [-0.3, -0.25) is 24.1 Å². The van der Waals surface area contributed by atoms with E-state index in [0.29, 0.717) is 37.3 Å². The third-order valence-corrected chi connectivity index (χ3v) is 5.27. The van der Waals surface area contributed by atoms with E-state index in [1.165, 1.54) is 29.9 Å². The Balaban J connectivity index is 0.000000537. The van der Waals surface area contributed by atoms with Gasteiger partial charge >= 0.3 is 5.97 Å². The third kappa shape index (κ3) is 6.22. The molecule has 9 heteroatoms. The molecule has 0 bridgehead atoms. The molecule has 1 saturated heterocycles. The zero-order valence-electron chi connectivity index (χ0n) is 16.8. The molecule has 0 aromatic heterocycles. The van der Waals surface area contributed by atoms with E-state index in [-0.39, 0.29) is 36.5 Å². The number of amides is 4. The molecule has 2 aliphatic heterocycles. The van der Waals surface area contributed by atoms with Gasteiger partial charge in [-0.1, -0.05) is 13.3 Å². The molecular formula is C20H29N3O6. The van der Waals surface area contributed by atoms with E-state index in [9.17, 15) is 24.0 Å². The lowest BCUT2D eigenvalue weighted by atomic mass is 9.82. The minimum absolute atomic E-state index is 0.0742. The molecule has 1 aliphatic carbocycles. The van der Waals surface area contributed by atoms with E-state index < -0.39 is 17.8 Å². The van der Waals surface area contributed by atoms with Crippen molar-refractivity contribution in [1.82, 2.24) is 9.96 Å². The van der Waals surface area contributed by atoms with Crippen molar-refractivity contribution >= 4 is 29.6 Å². The van der Waals surface area contributed by atoms with E-state index in [1.54, 1.807) is 0 Å². The van der Waals surface area contributed by atoms with Gasteiger partial charge in [-0.2, -0.15) is 0 Å². The molecule has 9 nitrogen and oxygen atoms in total. The van der Waals surface area contributed by atoms with E-state index in [1.807, 2.05) is 0 Å². The van der Waals surface area contributed by atoms with Crippen LogP contribution in [0.1, 0.15) is 58.3 Å². The fourth-order valence-electron chi connectivity index (χ4n) is 3.48. The standard InChI is InChI=1S/C16H18N2O6.C4H11N/c19-12-5-6-13(20)17(12)9-10-1-3-11(4-2-10)16(23)24-18-14(21)7-8-15(18)22;1-2-3-4-5/h5-6,10-11H,1-4,7-9H2;2-5H2,1H3. The summed E-state index contributed by atoms with van der Waals surface area (Å²) in [4.78, 5) is 64.3. The van der Waals surface area contributed by atoms with Gasteiger partial charge < -0.3 is 10.6 Å². The predicted molar refractivity (Wildman–Crippen MR) is 102 cm³/mol. The maximum atomic E-state index is 12.1. The molecule has 4 amide bonds. The van der Waals surface area contributed by atoms with Crippen molar-refractivity contribution in [3.8, 4) is 0 Å². The molecule has 29 heavy (non-hydrogen) atoms. The molecule has 1 saturated carbocycles. The van der Waals surface area contributed by atoms with Gasteiger partial charge in [0.25, 0.3) is 23.6 Å². The molecule has 0 spiro atoms. The Morgan fingerprint density at radius 3 is 2.03 bits per heavy atom. The van der Waals surface area contributed by atoms with Gasteiger partial charge in [0.05, 0.1) is 5.92 Å². The van der Waals surface area contributed by atoms with Gasteiger partial charge in [-0.05, 0) is 44.6 Å². The topological polar surface area (TPSA) is 127 Å². The van der Waals surface area contributed by atoms with E-state index in [0.717, 1.165) is 6.54 Å². The highest BCUT2D eigenvalue weighted by Crippen LogP contribution is 2.31. The Labute approximate surface area is 170 Å². The van der Waals surface area contributed by atoms with Crippen molar-refractivity contribution in [1.29, 1.82) is 0 Å². The van der Waals surface area contributed by atoms with Crippen molar-refractivity contribution in [2.45, 2.75) is 58.3 Å². The Morgan fingerprint density at radius 1 is 1.03 bits per heavy atom. The van der Waals surface area contributed by atoms with Gasteiger partial charge in [0, 0.05) is 31.5 Å². The summed E-state index contributed by atoms with van der Waals surface area (Å²) in [5.74, 6) is -2.35. The molecule has 3 aliphatic rings. The molecule has 3 rings (SSSR count). The number of hydrogen-bond donors (Lipinski definition) is 1.